The fourth-order valence-corrected chi connectivity index (χ4v) is 11.0. The van der Waals surface area contributed by atoms with Gasteiger partial charge in [0.15, 0.2) is 0 Å². The molecule has 0 amide bonds. The summed E-state index contributed by atoms with van der Waals surface area (Å²) < 4.78 is 11.8. The molecule has 0 saturated heterocycles. The minimum absolute atomic E-state index is 0.909. The Bertz CT molecular complexity index is 3860. The van der Waals surface area contributed by atoms with Gasteiger partial charge in [0.05, 0.1) is 16.7 Å². The van der Waals surface area contributed by atoms with Crippen LogP contribution in [0.2, 0.25) is 0 Å². The van der Waals surface area contributed by atoms with E-state index < -0.39 is 0 Å². The summed E-state index contributed by atoms with van der Waals surface area (Å²) in [7, 11) is 0. The molecule has 0 aliphatic rings. The van der Waals surface area contributed by atoms with Gasteiger partial charge in [-0.3, -0.25) is 0 Å². The first-order valence-corrected chi connectivity index (χ1v) is 21.9. The number of fused-ring (bicyclic) bond motifs is 11. The molecular weight excluding hydrogens is 773 g/mol. The van der Waals surface area contributed by atoms with Crippen LogP contribution in [-0.4, -0.2) is 4.57 Å². The highest BCUT2D eigenvalue weighted by molar-refractivity contribution is 7.26. The lowest BCUT2D eigenvalue weighted by atomic mass is 10.00. The zero-order chi connectivity index (χ0) is 40.7. The van der Waals surface area contributed by atoms with Crippen LogP contribution in [0.15, 0.2) is 223 Å². The second-order valence-electron chi connectivity index (χ2n) is 16.0. The standard InChI is InChI=1S/C58H36N2OS/c1-2-14-40(15-3-1)60-51-23-8-6-18-50(51)55-52(24-12-25-53(55)60)59(42-34-29-39(30-35-42)45-20-11-22-49-46-17-7-9-26-54(46)62-58(45)49)41-32-27-38(28-33-41)44-19-10-21-47-48-36-31-37-13-4-5-16-43(37)57(48)61-56(44)47/h1-36H. The molecule has 0 aliphatic heterocycles. The molecule has 3 nitrogen and oxygen atoms in total. The number of hydrogen-bond donors (Lipinski definition) is 0. The Morgan fingerprint density at radius 2 is 0.984 bits per heavy atom. The van der Waals surface area contributed by atoms with Gasteiger partial charge >= 0.3 is 0 Å². The maximum atomic E-state index is 6.77. The molecule has 290 valence electrons. The van der Waals surface area contributed by atoms with E-state index in [1.54, 1.807) is 0 Å². The number of nitrogens with zero attached hydrogens (tertiary/aromatic N) is 2. The Morgan fingerprint density at radius 1 is 0.387 bits per heavy atom. The van der Waals surface area contributed by atoms with Gasteiger partial charge in [0.2, 0.25) is 0 Å². The summed E-state index contributed by atoms with van der Waals surface area (Å²) >= 11 is 1.87. The summed E-state index contributed by atoms with van der Waals surface area (Å²) in [5.41, 5.74) is 13.2. The number of benzene rings is 10. The van der Waals surface area contributed by atoms with Crippen molar-refractivity contribution < 1.29 is 4.42 Å². The van der Waals surface area contributed by atoms with Gasteiger partial charge in [-0.25, -0.2) is 0 Å². The number of hydrogen-bond acceptors (Lipinski definition) is 3. The van der Waals surface area contributed by atoms with Gasteiger partial charge in [-0.15, -0.1) is 11.3 Å². The highest BCUT2D eigenvalue weighted by atomic mass is 32.1. The van der Waals surface area contributed by atoms with Gasteiger partial charge in [0, 0.05) is 69.7 Å². The van der Waals surface area contributed by atoms with Crippen LogP contribution in [0, 0.1) is 0 Å². The van der Waals surface area contributed by atoms with E-state index in [9.17, 15) is 0 Å². The van der Waals surface area contributed by atoms with Crippen LogP contribution in [0.3, 0.4) is 0 Å². The van der Waals surface area contributed by atoms with E-state index in [4.69, 9.17) is 4.42 Å². The van der Waals surface area contributed by atoms with Crippen molar-refractivity contribution in [2.75, 3.05) is 4.90 Å². The van der Waals surface area contributed by atoms with Crippen LogP contribution in [0.4, 0.5) is 17.1 Å². The van der Waals surface area contributed by atoms with Gasteiger partial charge in [-0.2, -0.15) is 0 Å². The molecule has 0 unspecified atom stereocenters. The summed E-state index contributed by atoms with van der Waals surface area (Å²) in [6.45, 7) is 0. The van der Waals surface area contributed by atoms with Crippen LogP contribution >= 0.6 is 11.3 Å². The SMILES string of the molecule is c1ccc(-n2c3ccccc3c3c(N(c4ccc(-c5cccc6c5oc5c7ccccc7ccc65)cc4)c4ccc(-c5cccc6c5sc5ccccc56)cc4)cccc32)cc1. The smallest absolute Gasteiger partial charge is 0.143 e. The number of thiophene rings is 1. The molecule has 4 heteroatoms. The minimum Gasteiger partial charge on any atom is -0.455 e. The molecule has 0 N–H and O–H groups in total. The number of para-hydroxylation sites is 3. The van der Waals surface area contributed by atoms with Crippen LogP contribution in [0.25, 0.3) is 103 Å². The summed E-state index contributed by atoms with van der Waals surface area (Å²) in [5.74, 6) is 0. The van der Waals surface area contributed by atoms with Gasteiger partial charge in [0.25, 0.3) is 0 Å². The fraction of sp³-hybridized carbons (Fsp3) is 0. The molecule has 13 aromatic rings. The third-order valence-electron chi connectivity index (χ3n) is 12.6. The maximum absolute atomic E-state index is 6.77. The van der Waals surface area contributed by atoms with E-state index in [1.165, 1.54) is 53.0 Å². The lowest BCUT2D eigenvalue weighted by Gasteiger charge is -2.27. The van der Waals surface area contributed by atoms with Crippen molar-refractivity contribution in [3.8, 4) is 27.9 Å². The number of furan rings is 1. The van der Waals surface area contributed by atoms with Crippen molar-refractivity contribution >= 4 is 103 Å². The highest BCUT2D eigenvalue weighted by Crippen LogP contribution is 2.46. The summed E-state index contributed by atoms with van der Waals surface area (Å²) in [5, 5.41) is 9.61. The molecule has 0 radical (unpaired) electrons. The lowest BCUT2D eigenvalue weighted by molar-refractivity contribution is 0.674. The Morgan fingerprint density at radius 3 is 1.79 bits per heavy atom. The second kappa shape index (κ2) is 13.8. The van der Waals surface area contributed by atoms with E-state index in [0.29, 0.717) is 0 Å². The van der Waals surface area contributed by atoms with E-state index in [0.717, 1.165) is 66.7 Å². The largest absolute Gasteiger partial charge is 0.455 e. The van der Waals surface area contributed by atoms with Crippen molar-refractivity contribution in [1.82, 2.24) is 4.57 Å². The second-order valence-corrected chi connectivity index (χ2v) is 17.1. The van der Waals surface area contributed by atoms with Crippen LogP contribution in [0.1, 0.15) is 0 Å². The summed E-state index contributed by atoms with van der Waals surface area (Å²) in [6, 6.07) is 79.1. The predicted molar refractivity (Wildman–Crippen MR) is 264 cm³/mol. The average molecular weight is 809 g/mol. The molecule has 10 aromatic carbocycles. The van der Waals surface area contributed by atoms with E-state index >= 15 is 0 Å². The van der Waals surface area contributed by atoms with Crippen molar-refractivity contribution in [1.29, 1.82) is 0 Å². The zero-order valence-corrected chi connectivity index (χ0v) is 34.3. The Labute approximate surface area is 361 Å². The van der Waals surface area contributed by atoms with E-state index in [2.05, 4.69) is 228 Å². The number of aromatic nitrogens is 1. The molecule has 62 heavy (non-hydrogen) atoms. The molecule has 0 bridgehead atoms. The molecule has 0 saturated carbocycles. The van der Waals surface area contributed by atoms with Crippen molar-refractivity contribution in [3.05, 3.63) is 218 Å². The van der Waals surface area contributed by atoms with E-state index in [1.807, 2.05) is 11.3 Å². The Kier molecular flexibility index (Phi) is 7.78. The van der Waals surface area contributed by atoms with Crippen LogP contribution in [-0.2, 0) is 0 Å². The maximum Gasteiger partial charge on any atom is 0.143 e. The summed E-state index contributed by atoms with van der Waals surface area (Å²) in [6.07, 6.45) is 0. The highest BCUT2D eigenvalue weighted by Gasteiger charge is 2.22. The molecule has 3 heterocycles. The summed E-state index contributed by atoms with van der Waals surface area (Å²) in [4.78, 5) is 2.42. The molecular formula is C58H36N2OS. The third kappa shape index (κ3) is 5.30. The van der Waals surface area contributed by atoms with Crippen molar-refractivity contribution in [2.45, 2.75) is 0 Å². The quantitative estimate of drug-likeness (QED) is 0.167. The average Bonchev–Trinajstić information content (AvgIpc) is 4.03. The first-order chi connectivity index (χ1) is 30.8. The monoisotopic (exact) mass is 808 g/mol. The molecule has 13 rings (SSSR count). The first kappa shape index (κ1) is 34.9. The van der Waals surface area contributed by atoms with Gasteiger partial charge in [-0.05, 0) is 88.8 Å². The number of anilines is 3. The van der Waals surface area contributed by atoms with E-state index in [-0.39, 0.29) is 0 Å². The zero-order valence-electron chi connectivity index (χ0n) is 33.5. The predicted octanol–water partition coefficient (Wildman–Crippen LogP) is 17.0. The fourth-order valence-electron chi connectivity index (χ4n) is 9.78. The molecule has 0 fully saturated rings. The molecule has 3 aromatic heterocycles. The molecule has 0 spiro atoms. The molecule has 0 aliphatic carbocycles. The number of rotatable bonds is 6. The van der Waals surface area contributed by atoms with Gasteiger partial charge < -0.3 is 13.9 Å². The van der Waals surface area contributed by atoms with Crippen molar-refractivity contribution in [3.63, 3.8) is 0 Å². The van der Waals surface area contributed by atoms with Crippen LogP contribution in [0.5, 0.6) is 0 Å². The van der Waals surface area contributed by atoms with Gasteiger partial charge in [0.1, 0.15) is 11.2 Å². The normalized spacial score (nSPS) is 11.9. The van der Waals surface area contributed by atoms with Gasteiger partial charge in [-0.1, -0.05) is 152 Å². The lowest BCUT2D eigenvalue weighted by Crippen LogP contribution is -2.10. The molecule has 0 atom stereocenters. The Hall–Kier alpha value is -7.92. The van der Waals surface area contributed by atoms with Crippen molar-refractivity contribution in [2.24, 2.45) is 0 Å². The topological polar surface area (TPSA) is 21.3 Å². The minimum atomic E-state index is 0.909. The van der Waals surface area contributed by atoms with Crippen LogP contribution < -0.4 is 4.90 Å². The third-order valence-corrected chi connectivity index (χ3v) is 13.8. The first-order valence-electron chi connectivity index (χ1n) is 21.1. The Balaban J connectivity index is 0.990.